The molecule has 0 spiro atoms. The monoisotopic (exact) mass is 134 g/mol. The van der Waals surface area contributed by atoms with E-state index >= 15 is 0 Å². The van der Waals surface area contributed by atoms with Crippen LogP contribution < -0.4 is 0 Å². The van der Waals surface area contributed by atoms with Gasteiger partial charge in [0.15, 0.2) is 0 Å². The molecule has 0 bridgehead atoms. The highest BCUT2D eigenvalue weighted by Crippen LogP contribution is 2.10. The zero-order valence-electron chi connectivity index (χ0n) is 6.56. The summed E-state index contributed by atoms with van der Waals surface area (Å²) in [5, 5.41) is 0. The van der Waals surface area contributed by atoms with Crippen LogP contribution in [0.15, 0.2) is 0 Å². The standard InChI is InChI=1S/C10H14/c1-4-7-9-10(6-3)8-5-2/h1,3,10H,5,7-9H2,2H3. The van der Waals surface area contributed by atoms with Gasteiger partial charge in [0.25, 0.3) is 0 Å². The second kappa shape index (κ2) is 6.24. The van der Waals surface area contributed by atoms with Crippen LogP contribution in [0.1, 0.15) is 32.6 Å². The Kier molecular flexibility index (Phi) is 5.69. The molecule has 0 aromatic heterocycles. The van der Waals surface area contributed by atoms with E-state index in [1.807, 2.05) is 0 Å². The Morgan fingerprint density at radius 3 is 2.40 bits per heavy atom. The van der Waals surface area contributed by atoms with Gasteiger partial charge in [-0.1, -0.05) is 13.3 Å². The normalized spacial score (nSPS) is 11.5. The second-order valence-corrected chi connectivity index (χ2v) is 2.40. The van der Waals surface area contributed by atoms with E-state index in [1.165, 1.54) is 0 Å². The van der Waals surface area contributed by atoms with Crippen LogP contribution in [0.2, 0.25) is 0 Å². The summed E-state index contributed by atoms with van der Waals surface area (Å²) >= 11 is 0. The molecule has 0 rings (SSSR count). The fourth-order valence-corrected chi connectivity index (χ4v) is 0.917. The second-order valence-electron chi connectivity index (χ2n) is 2.40. The molecule has 1 unspecified atom stereocenters. The first kappa shape index (κ1) is 9.12. The molecule has 0 aliphatic rings. The lowest BCUT2D eigenvalue weighted by molar-refractivity contribution is 0.563. The van der Waals surface area contributed by atoms with Crippen molar-refractivity contribution in [1.82, 2.24) is 0 Å². The molecule has 1 atom stereocenters. The Morgan fingerprint density at radius 2 is 2.00 bits per heavy atom. The van der Waals surface area contributed by atoms with Crippen molar-refractivity contribution >= 4 is 0 Å². The summed E-state index contributed by atoms with van der Waals surface area (Å²) in [5.74, 6) is 5.74. The maximum absolute atomic E-state index is 5.28. The maximum Gasteiger partial charge on any atom is 0.0209 e. The highest BCUT2D eigenvalue weighted by atomic mass is 14.0. The summed E-state index contributed by atoms with van der Waals surface area (Å²) in [6.07, 6.45) is 14.5. The SMILES string of the molecule is C#CCCC(C#C)CCC. The van der Waals surface area contributed by atoms with Crippen LogP contribution in [-0.2, 0) is 0 Å². The van der Waals surface area contributed by atoms with Gasteiger partial charge in [0.05, 0.1) is 0 Å². The fourth-order valence-electron chi connectivity index (χ4n) is 0.917. The average molecular weight is 134 g/mol. The van der Waals surface area contributed by atoms with E-state index in [1.54, 1.807) is 0 Å². The van der Waals surface area contributed by atoms with Crippen molar-refractivity contribution in [3.63, 3.8) is 0 Å². The first-order chi connectivity index (χ1) is 4.85. The van der Waals surface area contributed by atoms with E-state index in [9.17, 15) is 0 Å². The first-order valence-electron chi connectivity index (χ1n) is 3.74. The number of rotatable bonds is 4. The lowest BCUT2D eigenvalue weighted by Crippen LogP contribution is -1.94. The van der Waals surface area contributed by atoms with Gasteiger partial charge in [0.2, 0.25) is 0 Å². The van der Waals surface area contributed by atoms with Gasteiger partial charge < -0.3 is 0 Å². The van der Waals surface area contributed by atoms with Gasteiger partial charge in [0, 0.05) is 12.3 Å². The smallest absolute Gasteiger partial charge is 0.0209 e. The van der Waals surface area contributed by atoms with Gasteiger partial charge in [-0.05, 0) is 12.8 Å². The minimum atomic E-state index is 0.404. The summed E-state index contributed by atoms with van der Waals surface area (Å²) in [5.41, 5.74) is 0. The third-order valence-corrected chi connectivity index (χ3v) is 1.51. The largest absolute Gasteiger partial charge is 0.120 e. The van der Waals surface area contributed by atoms with Gasteiger partial charge in [-0.3, -0.25) is 0 Å². The molecule has 0 fully saturated rings. The predicted molar refractivity (Wildman–Crippen MR) is 45.3 cm³/mol. The number of hydrogen-bond acceptors (Lipinski definition) is 0. The molecule has 0 heterocycles. The van der Waals surface area contributed by atoms with Gasteiger partial charge in [-0.15, -0.1) is 24.7 Å². The van der Waals surface area contributed by atoms with Crippen LogP contribution >= 0.6 is 0 Å². The van der Waals surface area contributed by atoms with Gasteiger partial charge in [0.1, 0.15) is 0 Å². The predicted octanol–water partition coefficient (Wildman–Crippen LogP) is 2.45. The van der Waals surface area contributed by atoms with E-state index in [2.05, 4.69) is 18.8 Å². The van der Waals surface area contributed by atoms with Crippen LogP contribution in [-0.4, -0.2) is 0 Å². The van der Waals surface area contributed by atoms with Crippen LogP contribution in [0.5, 0.6) is 0 Å². The summed E-state index contributed by atoms with van der Waals surface area (Å²) in [4.78, 5) is 0. The lowest BCUT2D eigenvalue weighted by atomic mass is 9.99. The molecule has 0 aromatic rings. The van der Waals surface area contributed by atoms with E-state index in [-0.39, 0.29) is 0 Å². The maximum atomic E-state index is 5.28. The molecule has 54 valence electrons. The molecule has 0 aromatic carbocycles. The Labute approximate surface area is 64.0 Å². The highest BCUT2D eigenvalue weighted by molar-refractivity contribution is 4.95. The van der Waals surface area contributed by atoms with E-state index in [0.717, 1.165) is 25.7 Å². The zero-order valence-corrected chi connectivity index (χ0v) is 6.56. The van der Waals surface area contributed by atoms with Gasteiger partial charge >= 0.3 is 0 Å². The summed E-state index contributed by atoms with van der Waals surface area (Å²) < 4.78 is 0. The topological polar surface area (TPSA) is 0 Å². The van der Waals surface area contributed by atoms with Crippen molar-refractivity contribution in [2.75, 3.05) is 0 Å². The van der Waals surface area contributed by atoms with Crippen LogP contribution in [0.3, 0.4) is 0 Å². The van der Waals surface area contributed by atoms with Crippen molar-refractivity contribution < 1.29 is 0 Å². The van der Waals surface area contributed by atoms with Gasteiger partial charge in [-0.2, -0.15) is 0 Å². The van der Waals surface area contributed by atoms with Crippen molar-refractivity contribution in [3.05, 3.63) is 0 Å². The van der Waals surface area contributed by atoms with Crippen molar-refractivity contribution in [1.29, 1.82) is 0 Å². The Bertz CT molecular complexity index is 142. The van der Waals surface area contributed by atoms with Crippen LogP contribution in [0, 0.1) is 30.6 Å². The molecule has 0 amide bonds. The van der Waals surface area contributed by atoms with Gasteiger partial charge in [-0.25, -0.2) is 0 Å². The molecule has 0 heteroatoms. The van der Waals surface area contributed by atoms with E-state index < -0.39 is 0 Å². The summed E-state index contributed by atoms with van der Waals surface area (Å²) in [6, 6.07) is 0. The quantitative estimate of drug-likeness (QED) is 0.518. The lowest BCUT2D eigenvalue weighted by Gasteiger charge is -2.04. The molecular weight excluding hydrogens is 120 g/mol. The van der Waals surface area contributed by atoms with Crippen LogP contribution in [0.4, 0.5) is 0 Å². The van der Waals surface area contributed by atoms with Crippen molar-refractivity contribution in [2.45, 2.75) is 32.6 Å². The Balaban J connectivity index is 3.45. The molecule has 0 aliphatic carbocycles. The minimum Gasteiger partial charge on any atom is -0.120 e. The molecule has 0 saturated heterocycles. The first-order valence-corrected chi connectivity index (χ1v) is 3.74. The zero-order chi connectivity index (χ0) is 7.82. The molecule has 0 nitrogen and oxygen atoms in total. The Hall–Kier alpha value is -0.880. The van der Waals surface area contributed by atoms with Crippen molar-refractivity contribution in [2.24, 2.45) is 5.92 Å². The van der Waals surface area contributed by atoms with E-state index in [0.29, 0.717) is 5.92 Å². The number of hydrogen-bond donors (Lipinski definition) is 0. The third kappa shape index (κ3) is 4.04. The number of terminal acetylenes is 2. The highest BCUT2D eigenvalue weighted by Gasteiger charge is 2.00. The minimum absolute atomic E-state index is 0.404. The summed E-state index contributed by atoms with van der Waals surface area (Å²) in [7, 11) is 0. The third-order valence-electron chi connectivity index (χ3n) is 1.51. The molecule has 0 aliphatic heterocycles. The Morgan fingerprint density at radius 1 is 1.30 bits per heavy atom. The van der Waals surface area contributed by atoms with Crippen LogP contribution in [0.25, 0.3) is 0 Å². The molecular formula is C10H14. The molecule has 10 heavy (non-hydrogen) atoms. The molecule has 0 radical (unpaired) electrons. The van der Waals surface area contributed by atoms with E-state index in [4.69, 9.17) is 12.8 Å². The summed E-state index contributed by atoms with van der Waals surface area (Å²) in [6.45, 7) is 2.14. The fraction of sp³-hybridized carbons (Fsp3) is 0.600. The molecule has 0 saturated carbocycles. The van der Waals surface area contributed by atoms with Crippen molar-refractivity contribution in [3.8, 4) is 24.7 Å². The molecule has 0 N–H and O–H groups in total. The average Bonchev–Trinajstić information content (AvgIpc) is 1.98.